The van der Waals surface area contributed by atoms with Crippen molar-refractivity contribution in [2.24, 2.45) is 10.9 Å². The molecule has 2 N–H and O–H groups in total. The van der Waals surface area contributed by atoms with Gasteiger partial charge in [0.05, 0.1) is 11.3 Å². The molecule has 1 aromatic rings. The highest BCUT2D eigenvalue weighted by Crippen LogP contribution is 2.10. The first kappa shape index (κ1) is 22.7. The van der Waals surface area contributed by atoms with E-state index in [0.29, 0.717) is 16.7 Å². The monoisotopic (exact) mass is 412 g/mol. The Labute approximate surface area is 166 Å². The maximum atomic E-state index is 13.6. The van der Waals surface area contributed by atoms with Gasteiger partial charge < -0.3 is 10.4 Å². The number of carboxylic acid groups (broad SMARTS) is 1. The van der Waals surface area contributed by atoms with E-state index in [-0.39, 0.29) is 17.2 Å². The molecular weight excluding hydrogens is 394 g/mol. The van der Waals surface area contributed by atoms with E-state index in [1.165, 1.54) is 12.3 Å². The fourth-order valence-electron chi connectivity index (χ4n) is 1.81. The van der Waals surface area contributed by atoms with Crippen LogP contribution in [0.4, 0.5) is 8.78 Å². The van der Waals surface area contributed by atoms with Crippen LogP contribution in [-0.4, -0.2) is 27.9 Å². The highest BCUT2D eigenvalue weighted by molar-refractivity contribution is 8.14. The third-order valence-corrected chi connectivity index (χ3v) is 3.94. The molecule has 4 nitrogen and oxygen atoms in total. The minimum atomic E-state index is -0.960. The van der Waals surface area contributed by atoms with Crippen LogP contribution in [0.15, 0.2) is 47.2 Å². The summed E-state index contributed by atoms with van der Waals surface area (Å²) in [7, 11) is 0. The molecule has 144 valence electrons. The summed E-state index contributed by atoms with van der Waals surface area (Å²) in [6.45, 7) is 3.59. The van der Waals surface area contributed by atoms with Crippen LogP contribution in [0.5, 0.6) is 0 Å². The van der Waals surface area contributed by atoms with Crippen LogP contribution in [0, 0.1) is 29.4 Å². The zero-order valence-corrected chi connectivity index (χ0v) is 16.4. The molecule has 0 aromatic heterocycles. The second-order valence-electron chi connectivity index (χ2n) is 5.31. The molecule has 0 radical (unpaired) electrons. The second kappa shape index (κ2) is 12.2. The number of carbonyl (C=O) groups is 1. The van der Waals surface area contributed by atoms with E-state index < -0.39 is 17.6 Å². The molecule has 27 heavy (non-hydrogen) atoms. The standard InChI is InChI=1S/C19H19ClF2N2O2S/c1-13(4-5-15-6-7-16(21)11-17(15)22)10-14(2)24-19(23-9-3-8-20)27-12-18(25)26/h3,6-7,9-11,13H,8,12H2,1-2H3,(H,23,24)(H,25,26)/b9-3+,14-10+. The molecule has 1 unspecified atom stereocenters. The lowest BCUT2D eigenvalue weighted by atomic mass is 10.1. The minimum Gasteiger partial charge on any atom is -0.481 e. The summed E-state index contributed by atoms with van der Waals surface area (Å²) >= 11 is 6.57. The van der Waals surface area contributed by atoms with E-state index in [2.05, 4.69) is 22.2 Å². The van der Waals surface area contributed by atoms with Crippen LogP contribution in [0.3, 0.4) is 0 Å². The highest BCUT2D eigenvalue weighted by atomic mass is 35.5. The van der Waals surface area contributed by atoms with Crippen LogP contribution in [0.1, 0.15) is 19.4 Å². The van der Waals surface area contributed by atoms with Gasteiger partial charge >= 0.3 is 5.97 Å². The van der Waals surface area contributed by atoms with Crippen molar-refractivity contribution in [2.45, 2.75) is 13.8 Å². The number of carboxylic acids is 1. The Morgan fingerprint density at radius 3 is 2.85 bits per heavy atom. The predicted molar refractivity (Wildman–Crippen MR) is 107 cm³/mol. The summed E-state index contributed by atoms with van der Waals surface area (Å²) in [4.78, 5) is 14.9. The molecular formula is C19H19ClF2N2O2S. The molecule has 0 saturated carbocycles. The number of hydrogen-bond donors (Lipinski definition) is 2. The summed E-state index contributed by atoms with van der Waals surface area (Å²) in [6.07, 6.45) is 4.89. The van der Waals surface area contributed by atoms with Gasteiger partial charge in [-0.2, -0.15) is 0 Å². The smallest absolute Gasteiger partial charge is 0.313 e. The van der Waals surface area contributed by atoms with Gasteiger partial charge in [-0.1, -0.05) is 35.8 Å². The third-order valence-electron chi connectivity index (χ3n) is 2.89. The number of hydrogen-bond acceptors (Lipinski definition) is 3. The fraction of sp³-hybridized carbons (Fsp3) is 0.263. The van der Waals surface area contributed by atoms with E-state index in [9.17, 15) is 13.6 Å². The first-order valence-corrected chi connectivity index (χ1v) is 9.39. The number of thioether (sulfide) groups is 1. The first-order valence-electron chi connectivity index (χ1n) is 7.87. The Balaban J connectivity index is 2.82. The average molecular weight is 413 g/mol. The van der Waals surface area contributed by atoms with Crippen LogP contribution in [0.25, 0.3) is 0 Å². The second-order valence-corrected chi connectivity index (χ2v) is 6.59. The van der Waals surface area contributed by atoms with E-state index in [4.69, 9.17) is 16.7 Å². The van der Waals surface area contributed by atoms with Gasteiger partial charge in [-0.3, -0.25) is 4.79 Å². The lowest BCUT2D eigenvalue weighted by Gasteiger charge is -2.09. The van der Waals surface area contributed by atoms with Gasteiger partial charge in [-0.15, -0.1) is 11.6 Å². The van der Waals surface area contributed by atoms with Gasteiger partial charge in [-0.05, 0) is 26.0 Å². The molecule has 0 saturated heterocycles. The summed E-state index contributed by atoms with van der Waals surface area (Å²) in [5, 5.41) is 12.2. The largest absolute Gasteiger partial charge is 0.481 e. The van der Waals surface area contributed by atoms with E-state index in [1.807, 2.05) is 6.92 Å². The van der Waals surface area contributed by atoms with Gasteiger partial charge in [0.2, 0.25) is 0 Å². The molecule has 0 spiro atoms. The van der Waals surface area contributed by atoms with E-state index >= 15 is 0 Å². The molecule has 8 heteroatoms. The van der Waals surface area contributed by atoms with Crippen molar-refractivity contribution in [1.29, 1.82) is 0 Å². The van der Waals surface area contributed by atoms with Crippen LogP contribution < -0.4 is 5.32 Å². The van der Waals surface area contributed by atoms with Crippen molar-refractivity contribution in [3.05, 3.63) is 59.4 Å². The SMILES string of the molecule is C/C(=C\C(C)C#Cc1ccc(F)cc1F)NC(=N/C=C/CCl)SCC(=O)O. The zero-order chi connectivity index (χ0) is 20.2. The third kappa shape index (κ3) is 9.83. The molecule has 0 amide bonds. The number of aliphatic imine (C=N–C) groups is 1. The van der Waals surface area contributed by atoms with Gasteiger partial charge in [0.15, 0.2) is 5.17 Å². The molecule has 0 aliphatic rings. The normalized spacial score (nSPS) is 13.2. The number of rotatable bonds is 6. The Kier molecular flexibility index (Phi) is 10.2. The van der Waals surface area contributed by atoms with Gasteiger partial charge in [-0.25, -0.2) is 13.8 Å². The Bertz CT molecular complexity index is 814. The number of alkyl halides is 1. The first-order chi connectivity index (χ1) is 12.8. The number of aliphatic carboxylic acids is 1. The molecule has 0 aliphatic heterocycles. The maximum Gasteiger partial charge on any atom is 0.313 e. The molecule has 0 heterocycles. The van der Waals surface area contributed by atoms with Crippen molar-refractivity contribution in [3.8, 4) is 11.8 Å². The molecule has 1 aromatic carbocycles. The number of nitrogens with zero attached hydrogens (tertiary/aromatic N) is 1. The van der Waals surface area contributed by atoms with Crippen molar-refractivity contribution in [2.75, 3.05) is 11.6 Å². The molecule has 0 aliphatic carbocycles. The molecule has 1 atom stereocenters. The summed E-state index contributed by atoms with van der Waals surface area (Å²) in [6, 6.07) is 3.22. The van der Waals surface area contributed by atoms with E-state index in [1.54, 1.807) is 19.1 Å². The van der Waals surface area contributed by atoms with Crippen LogP contribution in [0.2, 0.25) is 0 Å². The number of halogens is 3. The summed E-state index contributed by atoms with van der Waals surface area (Å²) in [5.74, 6) is 3.14. The van der Waals surface area contributed by atoms with Gasteiger partial charge in [0, 0.05) is 29.8 Å². The lowest BCUT2D eigenvalue weighted by Crippen LogP contribution is -2.20. The number of amidine groups is 1. The summed E-state index contributed by atoms with van der Waals surface area (Å²) < 4.78 is 26.5. The summed E-state index contributed by atoms with van der Waals surface area (Å²) in [5.41, 5.74) is 0.819. The fourth-order valence-corrected chi connectivity index (χ4v) is 2.51. The van der Waals surface area contributed by atoms with Crippen molar-refractivity contribution < 1.29 is 18.7 Å². The van der Waals surface area contributed by atoms with Crippen molar-refractivity contribution in [1.82, 2.24) is 5.32 Å². The predicted octanol–water partition coefficient (Wildman–Crippen LogP) is 4.37. The molecule has 1 rings (SSSR count). The quantitative estimate of drug-likeness (QED) is 0.315. The highest BCUT2D eigenvalue weighted by Gasteiger charge is 2.05. The maximum absolute atomic E-state index is 13.6. The van der Waals surface area contributed by atoms with Gasteiger partial charge in [0.25, 0.3) is 0 Å². The zero-order valence-electron chi connectivity index (χ0n) is 14.8. The number of benzene rings is 1. The van der Waals surface area contributed by atoms with Crippen molar-refractivity contribution >= 4 is 34.5 Å². The average Bonchev–Trinajstić information content (AvgIpc) is 2.58. The molecule has 0 bridgehead atoms. The van der Waals surface area contributed by atoms with Crippen molar-refractivity contribution in [3.63, 3.8) is 0 Å². The van der Waals surface area contributed by atoms with Gasteiger partial charge in [0.1, 0.15) is 11.6 Å². The minimum absolute atomic E-state index is 0.118. The van der Waals surface area contributed by atoms with Crippen LogP contribution in [-0.2, 0) is 4.79 Å². The van der Waals surface area contributed by atoms with E-state index in [0.717, 1.165) is 23.9 Å². The number of allylic oxidation sites excluding steroid dienone is 3. The Morgan fingerprint density at radius 2 is 2.22 bits per heavy atom. The molecule has 0 fully saturated rings. The van der Waals surface area contributed by atoms with Crippen LogP contribution >= 0.6 is 23.4 Å². The number of nitrogens with one attached hydrogen (secondary N) is 1. The Hall–Kier alpha value is -2.30. The Morgan fingerprint density at radius 1 is 1.48 bits per heavy atom. The lowest BCUT2D eigenvalue weighted by molar-refractivity contribution is -0.133. The topological polar surface area (TPSA) is 61.7 Å².